The van der Waals surface area contributed by atoms with Gasteiger partial charge < -0.3 is 16.2 Å². The molecule has 0 fully saturated rings. The van der Waals surface area contributed by atoms with Gasteiger partial charge in [-0.1, -0.05) is 47.5 Å². The lowest BCUT2D eigenvalue weighted by Gasteiger charge is -2.11. The van der Waals surface area contributed by atoms with Crippen LogP contribution in [0.15, 0.2) is 53.5 Å². The smallest absolute Gasteiger partial charge is 0.193 e. The molecule has 0 saturated carbocycles. The largest absolute Gasteiger partial charge is 0.386 e. The predicted molar refractivity (Wildman–Crippen MR) is 88.0 cm³/mol. The number of para-hydroxylation sites is 1. The number of rotatable bonds is 4. The van der Waals surface area contributed by atoms with E-state index in [1.807, 2.05) is 30.3 Å². The number of benzene rings is 2. The van der Waals surface area contributed by atoms with E-state index in [9.17, 15) is 5.11 Å². The van der Waals surface area contributed by atoms with Crippen LogP contribution < -0.4 is 11.1 Å². The van der Waals surface area contributed by atoms with E-state index in [-0.39, 0.29) is 12.5 Å². The second-order valence-corrected chi connectivity index (χ2v) is 5.24. The highest BCUT2D eigenvalue weighted by atomic mass is 35.5. The third-order valence-corrected chi connectivity index (χ3v) is 3.36. The number of nitrogens with two attached hydrogens (primary N) is 1. The van der Waals surface area contributed by atoms with E-state index in [0.717, 1.165) is 5.69 Å². The summed E-state index contributed by atoms with van der Waals surface area (Å²) in [5.41, 5.74) is 7.17. The molecule has 0 aromatic heterocycles. The van der Waals surface area contributed by atoms with Crippen molar-refractivity contribution in [1.82, 2.24) is 0 Å². The van der Waals surface area contributed by atoms with Gasteiger partial charge in [0.15, 0.2) is 5.96 Å². The van der Waals surface area contributed by atoms with Crippen LogP contribution in [0.5, 0.6) is 0 Å². The maximum atomic E-state index is 10.1. The standard InChI is InChI=1S/C15H15Cl2N3O/c16-10-6-7-12(13(17)8-10)14(21)9-19-15(18)20-11-4-2-1-3-5-11/h1-8,14,21H,9H2,(H3,18,19,20). The fraction of sp³-hybridized carbons (Fsp3) is 0.133. The molecule has 0 heterocycles. The monoisotopic (exact) mass is 323 g/mol. The van der Waals surface area contributed by atoms with E-state index >= 15 is 0 Å². The van der Waals surface area contributed by atoms with Crippen LogP contribution in [0.4, 0.5) is 5.69 Å². The Morgan fingerprint density at radius 1 is 1.19 bits per heavy atom. The van der Waals surface area contributed by atoms with E-state index in [2.05, 4.69) is 10.3 Å². The number of nitrogens with one attached hydrogen (secondary N) is 1. The molecular weight excluding hydrogens is 309 g/mol. The highest BCUT2D eigenvalue weighted by Gasteiger charge is 2.11. The van der Waals surface area contributed by atoms with Crippen LogP contribution in [0, 0.1) is 0 Å². The van der Waals surface area contributed by atoms with Gasteiger partial charge in [0.1, 0.15) is 6.10 Å². The van der Waals surface area contributed by atoms with Crippen molar-refractivity contribution in [3.8, 4) is 0 Å². The highest BCUT2D eigenvalue weighted by molar-refractivity contribution is 6.35. The summed E-state index contributed by atoms with van der Waals surface area (Å²) in [5.74, 6) is 0.227. The fourth-order valence-electron chi connectivity index (χ4n) is 1.76. The van der Waals surface area contributed by atoms with E-state index < -0.39 is 6.10 Å². The van der Waals surface area contributed by atoms with Gasteiger partial charge in [0, 0.05) is 21.3 Å². The van der Waals surface area contributed by atoms with Crippen LogP contribution in [-0.4, -0.2) is 17.6 Å². The number of aliphatic imine (C=N–C) groups is 1. The molecule has 0 amide bonds. The van der Waals surface area contributed by atoms with E-state index in [1.54, 1.807) is 18.2 Å². The summed E-state index contributed by atoms with van der Waals surface area (Å²) in [5, 5.41) is 13.9. The molecule has 110 valence electrons. The van der Waals surface area contributed by atoms with Crippen LogP contribution in [0.25, 0.3) is 0 Å². The predicted octanol–water partition coefficient (Wildman–Crippen LogP) is 3.45. The first-order chi connectivity index (χ1) is 10.1. The Morgan fingerprint density at radius 2 is 1.90 bits per heavy atom. The van der Waals surface area contributed by atoms with Gasteiger partial charge in [0.2, 0.25) is 0 Å². The zero-order valence-electron chi connectivity index (χ0n) is 11.1. The van der Waals surface area contributed by atoms with Crippen LogP contribution in [-0.2, 0) is 0 Å². The number of guanidine groups is 1. The molecule has 0 aliphatic carbocycles. The molecular formula is C15H15Cl2N3O. The Bertz CT molecular complexity index is 632. The first-order valence-corrected chi connectivity index (χ1v) is 7.07. The zero-order chi connectivity index (χ0) is 15.2. The Labute approximate surface area is 133 Å². The molecule has 2 rings (SSSR count). The first-order valence-electron chi connectivity index (χ1n) is 6.31. The molecule has 21 heavy (non-hydrogen) atoms. The molecule has 4 N–H and O–H groups in total. The van der Waals surface area contributed by atoms with Crippen molar-refractivity contribution in [3.05, 3.63) is 64.1 Å². The topological polar surface area (TPSA) is 70.6 Å². The Kier molecular flexibility index (Phi) is 5.44. The summed E-state index contributed by atoms with van der Waals surface area (Å²) in [6.07, 6.45) is -0.842. The van der Waals surface area contributed by atoms with Crippen molar-refractivity contribution in [1.29, 1.82) is 0 Å². The number of hydrogen-bond donors (Lipinski definition) is 3. The zero-order valence-corrected chi connectivity index (χ0v) is 12.6. The fourth-order valence-corrected chi connectivity index (χ4v) is 2.30. The third kappa shape index (κ3) is 4.63. The van der Waals surface area contributed by atoms with Gasteiger partial charge in [0.05, 0.1) is 6.54 Å². The summed E-state index contributed by atoms with van der Waals surface area (Å²) >= 11 is 11.8. The molecule has 4 nitrogen and oxygen atoms in total. The van der Waals surface area contributed by atoms with Gasteiger partial charge in [-0.15, -0.1) is 0 Å². The van der Waals surface area contributed by atoms with Crippen LogP contribution in [0.2, 0.25) is 10.0 Å². The van der Waals surface area contributed by atoms with Gasteiger partial charge in [0.25, 0.3) is 0 Å². The van der Waals surface area contributed by atoms with E-state index in [1.165, 1.54) is 0 Å². The average molecular weight is 324 g/mol. The van der Waals surface area contributed by atoms with Crippen LogP contribution >= 0.6 is 23.2 Å². The van der Waals surface area contributed by atoms with Crippen molar-refractivity contribution >= 4 is 34.8 Å². The molecule has 0 aliphatic heterocycles. The lowest BCUT2D eigenvalue weighted by molar-refractivity contribution is 0.187. The molecule has 6 heteroatoms. The summed E-state index contributed by atoms with van der Waals surface area (Å²) in [6.45, 7) is 0.104. The Morgan fingerprint density at radius 3 is 2.57 bits per heavy atom. The Balaban J connectivity index is 1.99. The van der Waals surface area contributed by atoms with Crippen molar-refractivity contribution < 1.29 is 5.11 Å². The maximum Gasteiger partial charge on any atom is 0.193 e. The number of anilines is 1. The van der Waals surface area contributed by atoms with E-state index in [0.29, 0.717) is 15.6 Å². The molecule has 0 radical (unpaired) electrons. The van der Waals surface area contributed by atoms with Gasteiger partial charge >= 0.3 is 0 Å². The summed E-state index contributed by atoms with van der Waals surface area (Å²) in [6, 6.07) is 14.3. The van der Waals surface area contributed by atoms with Crippen molar-refractivity contribution in [2.24, 2.45) is 10.7 Å². The van der Waals surface area contributed by atoms with Gasteiger partial charge in [-0.05, 0) is 24.3 Å². The minimum Gasteiger partial charge on any atom is -0.386 e. The van der Waals surface area contributed by atoms with Crippen molar-refractivity contribution in [2.45, 2.75) is 6.10 Å². The molecule has 0 bridgehead atoms. The summed E-state index contributed by atoms with van der Waals surface area (Å²) in [4.78, 5) is 4.10. The molecule has 0 aliphatic rings. The summed E-state index contributed by atoms with van der Waals surface area (Å²) < 4.78 is 0. The minimum atomic E-state index is -0.842. The van der Waals surface area contributed by atoms with E-state index in [4.69, 9.17) is 28.9 Å². The lowest BCUT2D eigenvalue weighted by Crippen LogP contribution is -2.23. The van der Waals surface area contributed by atoms with Gasteiger partial charge in [-0.2, -0.15) is 0 Å². The average Bonchev–Trinajstić information content (AvgIpc) is 2.46. The number of aliphatic hydroxyl groups is 1. The number of halogens is 2. The molecule has 1 atom stereocenters. The van der Waals surface area contributed by atoms with Crippen molar-refractivity contribution in [3.63, 3.8) is 0 Å². The quantitative estimate of drug-likeness (QED) is 0.596. The normalized spacial score (nSPS) is 13.0. The molecule has 2 aromatic rings. The van der Waals surface area contributed by atoms with Gasteiger partial charge in [-0.25, -0.2) is 0 Å². The number of nitrogens with zero attached hydrogens (tertiary/aromatic N) is 1. The maximum absolute atomic E-state index is 10.1. The molecule has 0 spiro atoms. The SMILES string of the molecule is NC(=NCC(O)c1ccc(Cl)cc1Cl)Nc1ccccc1. The second kappa shape index (κ2) is 7.31. The first kappa shape index (κ1) is 15.6. The Hall–Kier alpha value is -1.75. The third-order valence-electron chi connectivity index (χ3n) is 2.80. The minimum absolute atomic E-state index is 0.104. The van der Waals surface area contributed by atoms with Crippen LogP contribution in [0.3, 0.4) is 0 Å². The second-order valence-electron chi connectivity index (χ2n) is 4.40. The van der Waals surface area contributed by atoms with Crippen LogP contribution in [0.1, 0.15) is 11.7 Å². The lowest BCUT2D eigenvalue weighted by atomic mass is 10.1. The number of aliphatic hydroxyl groups excluding tert-OH is 1. The molecule has 2 aromatic carbocycles. The highest BCUT2D eigenvalue weighted by Crippen LogP contribution is 2.26. The van der Waals surface area contributed by atoms with Gasteiger partial charge in [-0.3, -0.25) is 4.99 Å². The molecule has 1 unspecified atom stereocenters. The summed E-state index contributed by atoms with van der Waals surface area (Å²) in [7, 11) is 0. The molecule has 0 saturated heterocycles. The number of hydrogen-bond acceptors (Lipinski definition) is 2. The van der Waals surface area contributed by atoms with Crippen molar-refractivity contribution in [2.75, 3.05) is 11.9 Å².